The summed E-state index contributed by atoms with van der Waals surface area (Å²) in [6.07, 6.45) is 3.42. The number of halogens is 1. The van der Waals surface area contributed by atoms with Crippen molar-refractivity contribution in [2.45, 2.75) is 26.9 Å². The Bertz CT molecular complexity index is 597. The van der Waals surface area contributed by atoms with Crippen molar-refractivity contribution in [3.05, 3.63) is 18.1 Å². The lowest BCUT2D eigenvalue weighted by atomic mass is 10.5. The number of aromatic nitrogens is 4. The fourth-order valence-electron chi connectivity index (χ4n) is 1.47. The topological polar surface area (TPSA) is 149 Å². The fraction of sp³-hybridized carbons (Fsp3) is 0.444. The van der Waals surface area contributed by atoms with Crippen LogP contribution in [0.15, 0.2) is 12.7 Å². The zero-order valence-electron chi connectivity index (χ0n) is 10.4. The molecular weight excluding hydrogens is 278 g/mol. The highest BCUT2D eigenvalue weighted by Gasteiger charge is 2.05. The molecule has 0 fully saturated rings. The SMILES string of the molecule is CCn1cnc2c(ncn2CC)c1=N.[O-][Cl+3]([O-])([O-])O. The van der Waals surface area contributed by atoms with Gasteiger partial charge in [0.15, 0.2) is 11.1 Å². The Morgan fingerprint density at radius 3 is 2.11 bits per heavy atom. The molecular formula is C9H14ClN5O4. The van der Waals surface area contributed by atoms with Crippen molar-refractivity contribution in [2.75, 3.05) is 0 Å². The van der Waals surface area contributed by atoms with Crippen LogP contribution < -0.4 is 19.5 Å². The Hall–Kier alpha value is -1.52. The van der Waals surface area contributed by atoms with Crippen LogP contribution in [0.4, 0.5) is 0 Å². The normalized spacial score (nSPS) is 11.3. The van der Waals surface area contributed by atoms with E-state index in [1.54, 1.807) is 17.2 Å². The van der Waals surface area contributed by atoms with Crippen molar-refractivity contribution in [1.82, 2.24) is 19.1 Å². The zero-order chi connectivity index (χ0) is 14.6. The Balaban J connectivity index is 0.000000312. The molecule has 0 aliphatic carbocycles. The van der Waals surface area contributed by atoms with E-state index in [9.17, 15) is 0 Å². The maximum Gasteiger partial charge on any atom is 0.165 e. The minimum Gasteiger partial charge on any atom is -0.316 e. The summed E-state index contributed by atoms with van der Waals surface area (Å²) in [4.78, 5) is 8.48. The van der Waals surface area contributed by atoms with E-state index in [-0.39, 0.29) is 0 Å². The van der Waals surface area contributed by atoms with Gasteiger partial charge in [0.25, 0.3) is 0 Å². The van der Waals surface area contributed by atoms with Crippen LogP contribution in [-0.2, 0) is 13.1 Å². The van der Waals surface area contributed by atoms with Crippen LogP contribution in [0.5, 0.6) is 0 Å². The molecule has 2 heterocycles. The summed E-state index contributed by atoms with van der Waals surface area (Å²) in [5.41, 5.74) is 1.91. The number of hydrogen-bond donors (Lipinski definition) is 2. The molecule has 0 aliphatic heterocycles. The first-order chi connectivity index (χ1) is 8.77. The number of nitrogens with one attached hydrogen (secondary N) is 1. The molecule has 106 valence electrons. The van der Waals surface area contributed by atoms with E-state index in [0.29, 0.717) is 11.0 Å². The Kier molecular flexibility index (Phi) is 4.97. The van der Waals surface area contributed by atoms with E-state index in [4.69, 9.17) is 24.0 Å². The number of rotatable bonds is 2. The highest BCUT2D eigenvalue weighted by Crippen LogP contribution is 2.03. The van der Waals surface area contributed by atoms with Crippen LogP contribution in [-0.4, -0.2) is 23.8 Å². The molecule has 10 heteroatoms. The third-order valence-electron chi connectivity index (χ3n) is 2.32. The maximum absolute atomic E-state index is 8.60. The summed E-state index contributed by atoms with van der Waals surface area (Å²) < 4.78 is 36.4. The van der Waals surface area contributed by atoms with Crippen LogP contribution in [0.3, 0.4) is 0 Å². The molecule has 0 amide bonds. The zero-order valence-corrected chi connectivity index (χ0v) is 11.2. The van der Waals surface area contributed by atoms with Gasteiger partial charge in [0, 0.05) is 13.1 Å². The molecule has 19 heavy (non-hydrogen) atoms. The molecule has 2 N–H and O–H groups in total. The van der Waals surface area contributed by atoms with Crippen molar-refractivity contribution in [3.8, 4) is 0 Å². The first-order valence-electron chi connectivity index (χ1n) is 5.36. The summed E-state index contributed by atoms with van der Waals surface area (Å²) in [7, 11) is -4.69. The minimum atomic E-state index is -4.69. The van der Waals surface area contributed by atoms with E-state index in [2.05, 4.69) is 9.97 Å². The molecule has 2 aromatic rings. The minimum absolute atomic E-state index is 0.435. The van der Waals surface area contributed by atoms with E-state index in [1.165, 1.54) is 0 Å². The predicted octanol–water partition coefficient (Wildman–Crippen LogP) is -3.37. The van der Waals surface area contributed by atoms with Crippen LogP contribution in [0.2, 0.25) is 0 Å². The van der Waals surface area contributed by atoms with Gasteiger partial charge < -0.3 is 9.13 Å². The third-order valence-corrected chi connectivity index (χ3v) is 2.32. The Morgan fingerprint density at radius 2 is 1.63 bits per heavy atom. The van der Waals surface area contributed by atoms with Gasteiger partial charge in [-0.3, -0.25) is 5.41 Å². The highest BCUT2D eigenvalue weighted by atomic mass is 35.7. The van der Waals surface area contributed by atoms with E-state index in [0.717, 1.165) is 18.7 Å². The summed E-state index contributed by atoms with van der Waals surface area (Å²) in [6, 6.07) is 0. The second-order valence-electron chi connectivity index (χ2n) is 3.48. The van der Waals surface area contributed by atoms with Gasteiger partial charge in [-0.1, -0.05) is 0 Å². The van der Waals surface area contributed by atoms with E-state index >= 15 is 0 Å². The molecule has 0 aliphatic rings. The van der Waals surface area contributed by atoms with Crippen LogP contribution in [0, 0.1) is 15.7 Å². The molecule has 0 spiro atoms. The Labute approximate surface area is 110 Å². The third kappa shape index (κ3) is 4.26. The highest BCUT2D eigenvalue weighted by molar-refractivity contribution is 5.68. The van der Waals surface area contributed by atoms with Gasteiger partial charge in [0.2, 0.25) is 0 Å². The summed E-state index contributed by atoms with van der Waals surface area (Å²) >= 11 is 0. The van der Waals surface area contributed by atoms with E-state index in [1.807, 2.05) is 18.4 Å². The molecule has 0 saturated carbocycles. The first-order valence-corrected chi connectivity index (χ1v) is 6.62. The monoisotopic (exact) mass is 291 g/mol. The van der Waals surface area contributed by atoms with Crippen molar-refractivity contribution in [2.24, 2.45) is 0 Å². The quantitative estimate of drug-likeness (QED) is 0.590. The van der Waals surface area contributed by atoms with Gasteiger partial charge in [-0.15, -0.1) is 0 Å². The van der Waals surface area contributed by atoms with Crippen molar-refractivity contribution < 1.29 is 28.9 Å². The Morgan fingerprint density at radius 1 is 1.16 bits per heavy atom. The van der Waals surface area contributed by atoms with Gasteiger partial charge in [-0.05, 0) is 13.8 Å². The molecule has 0 radical (unpaired) electrons. The van der Waals surface area contributed by atoms with Crippen LogP contribution >= 0.6 is 0 Å². The standard InChI is InChI=1S/C9H13N5.ClHO4/c1-3-13-6-12-9-7(8(13)10)11-5-14(9)4-2;2-1(3,4)5/h5-6,10H,3-4H2,1-2H3;(H,2,3,4,5). The molecule has 0 atom stereocenters. The second-order valence-corrected chi connectivity index (χ2v) is 4.27. The van der Waals surface area contributed by atoms with Crippen molar-refractivity contribution in [1.29, 1.82) is 5.41 Å². The predicted molar refractivity (Wildman–Crippen MR) is 54.9 cm³/mol. The van der Waals surface area contributed by atoms with Gasteiger partial charge in [0.05, 0.1) is 27.6 Å². The van der Waals surface area contributed by atoms with Crippen molar-refractivity contribution >= 4 is 11.2 Å². The van der Waals surface area contributed by atoms with Crippen LogP contribution in [0.1, 0.15) is 13.8 Å². The molecule has 2 rings (SSSR count). The summed E-state index contributed by atoms with van der Waals surface area (Å²) in [6.45, 7) is 5.61. The first kappa shape index (κ1) is 15.5. The number of hydrogen-bond acceptors (Lipinski definition) is 7. The van der Waals surface area contributed by atoms with E-state index < -0.39 is 10.2 Å². The average Bonchev–Trinajstić information content (AvgIpc) is 2.71. The lowest BCUT2D eigenvalue weighted by Crippen LogP contribution is -2.58. The van der Waals surface area contributed by atoms with Gasteiger partial charge >= 0.3 is 0 Å². The number of fused-ring (bicyclic) bond motifs is 1. The van der Waals surface area contributed by atoms with Crippen LogP contribution in [0.25, 0.3) is 11.2 Å². The number of nitrogens with zero attached hydrogens (tertiary/aromatic N) is 4. The maximum atomic E-state index is 8.60. The molecule has 0 bridgehead atoms. The average molecular weight is 292 g/mol. The largest absolute Gasteiger partial charge is 0.316 e. The fourth-order valence-corrected chi connectivity index (χ4v) is 1.47. The van der Waals surface area contributed by atoms with Gasteiger partial charge in [-0.25, -0.2) is 9.97 Å². The summed E-state index contributed by atoms with van der Waals surface area (Å²) in [5, 5.41) is 7.88. The number of imidazole rings is 1. The molecule has 9 nitrogen and oxygen atoms in total. The van der Waals surface area contributed by atoms with Crippen molar-refractivity contribution in [3.63, 3.8) is 0 Å². The number of aryl methyl sites for hydroxylation is 2. The van der Waals surface area contributed by atoms with Gasteiger partial charge in [0.1, 0.15) is 5.52 Å². The lowest BCUT2D eigenvalue weighted by Gasteiger charge is -2.03. The smallest absolute Gasteiger partial charge is 0.165 e. The lowest BCUT2D eigenvalue weighted by molar-refractivity contribution is -1.92. The molecule has 2 aromatic heterocycles. The second kappa shape index (κ2) is 6.08. The molecule has 0 unspecified atom stereocenters. The molecule has 0 aromatic carbocycles. The molecule has 0 saturated heterocycles. The summed E-state index contributed by atoms with van der Waals surface area (Å²) in [5.74, 6) is 0. The van der Waals surface area contributed by atoms with Gasteiger partial charge in [-0.2, -0.15) is 14.0 Å².